The Hall–Kier alpha value is -0.120. The minimum Gasteiger partial charge on any atom is -0.390 e. The zero-order chi connectivity index (χ0) is 14.9. The van der Waals surface area contributed by atoms with E-state index in [2.05, 4.69) is 31.0 Å². The fraction of sp³-hybridized carbons (Fsp3) is 1.00. The molecule has 1 saturated heterocycles. The Morgan fingerprint density at radius 1 is 1.05 bits per heavy atom. The molecule has 0 atom stereocenters. The van der Waals surface area contributed by atoms with Crippen LogP contribution in [-0.2, 0) is 0 Å². The molecule has 1 aliphatic carbocycles. The summed E-state index contributed by atoms with van der Waals surface area (Å²) in [6.07, 6.45) is 7.35. The highest BCUT2D eigenvalue weighted by atomic mass is 16.3. The van der Waals surface area contributed by atoms with Crippen LogP contribution in [0.4, 0.5) is 0 Å². The number of nitrogens with one attached hydrogen (secondary N) is 1. The molecule has 1 saturated carbocycles. The molecular weight excluding hydrogens is 248 g/mol. The third-order valence-electron chi connectivity index (χ3n) is 5.15. The molecule has 0 amide bonds. The smallest absolute Gasteiger partial charge is 0.0644 e. The van der Waals surface area contributed by atoms with Crippen LogP contribution in [0.3, 0.4) is 0 Å². The van der Waals surface area contributed by atoms with E-state index in [4.69, 9.17) is 0 Å². The minimum absolute atomic E-state index is 0.209. The maximum Gasteiger partial charge on any atom is 0.0644 e. The number of aliphatic hydroxyl groups is 1. The van der Waals surface area contributed by atoms with Gasteiger partial charge in [-0.05, 0) is 58.8 Å². The molecule has 2 fully saturated rings. The fourth-order valence-corrected chi connectivity index (χ4v) is 3.64. The molecule has 3 nitrogen and oxygen atoms in total. The first-order chi connectivity index (χ1) is 9.20. The molecule has 0 bridgehead atoms. The molecule has 2 rings (SSSR count). The van der Waals surface area contributed by atoms with E-state index in [-0.39, 0.29) is 5.54 Å². The van der Waals surface area contributed by atoms with Crippen molar-refractivity contribution in [1.82, 2.24) is 10.2 Å². The van der Waals surface area contributed by atoms with Crippen LogP contribution in [0.1, 0.15) is 66.2 Å². The minimum atomic E-state index is -0.428. The van der Waals surface area contributed by atoms with Crippen molar-refractivity contribution in [3.05, 3.63) is 0 Å². The molecule has 0 radical (unpaired) electrons. The van der Waals surface area contributed by atoms with E-state index in [0.29, 0.717) is 5.41 Å². The van der Waals surface area contributed by atoms with Gasteiger partial charge in [-0.1, -0.05) is 12.8 Å². The monoisotopic (exact) mass is 282 g/mol. The van der Waals surface area contributed by atoms with Crippen LogP contribution >= 0.6 is 0 Å². The lowest BCUT2D eigenvalue weighted by molar-refractivity contribution is -0.0160. The van der Waals surface area contributed by atoms with Gasteiger partial charge < -0.3 is 15.3 Å². The third kappa shape index (κ3) is 4.71. The summed E-state index contributed by atoms with van der Waals surface area (Å²) in [5.74, 6) is 0. The molecule has 0 aromatic carbocycles. The van der Waals surface area contributed by atoms with Crippen molar-refractivity contribution in [3.8, 4) is 0 Å². The average Bonchev–Trinajstić information content (AvgIpc) is 2.78. The topological polar surface area (TPSA) is 35.5 Å². The first-order valence-corrected chi connectivity index (χ1v) is 8.40. The van der Waals surface area contributed by atoms with Crippen LogP contribution in [0.2, 0.25) is 0 Å². The van der Waals surface area contributed by atoms with Gasteiger partial charge in [0.15, 0.2) is 0 Å². The van der Waals surface area contributed by atoms with Gasteiger partial charge in [0.25, 0.3) is 0 Å². The SMILES string of the molecule is CC1(O)CCN(CC2(CNC(C)(C)C)CCCC2)CC1. The number of likely N-dealkylation sites (tertiary alicyclic amines) is 1. The summed E-state index contributed by atoms with van der Waals surface area (Å²) in [4.78, 5) is 2.59. The van der Waals surface area contributed by atoms with E-state index in [9.17, 15) is 5.11 Å². The first kappa shape index (κ1) is 16.3. The van der Waals surface area contributed by atoms with Gasteiger partial charge >= 0.3 is 0 Å². The molecule has 0 spiro atoms. The average molecular weight is 282 g/mol. The maximum absolute atomic E-state index is 10.1. The van der Waals surface area contributed by atoms with Crippen molar-refractivity contribution in [2.24, 2.45) is 5.41 Å². The molecule has 1 aliphatic heterocycles. The zero-order valence-corrected chi connectivity index (χ0v) is 14.0. The Bertz CT molecular complexity index is 303. The van der Waals surface area contributed by atoms with E-state index in [1.807, 2.05) is 6.92 Å². The Labute approximate surface area is 125 Å². The van der Waals surface area contributed by atoms with Crippen molar-refractivity contribution in [3.63, 3.8) is 0 Å². The summed E-state index contributed by atoms with van der Waals surface area (Å²) in [6.45, 7) is 13.2. The van der Waals surface area contributed by atoms with Gasteiger partial charge in [0.05, 0.1) is 5.60 Å². The molecule has 1 heterocycles. The summed E-state index contributed by atoms with van der Waals surface area (Å²) in [6, 6.07) is 0. The first-order valence-electron chi connectivity index (χ1n) is 8.40. The van der Waals surface area contributed by atoms with Crippen molar-refractivity contribution in [1.29, 1.82) is 0 Å². The van der Waals surface area contributed by atoms with E-state index >= 15 is 0 Å². The second-order valence-corrected chi connectivity index (χ2v) is 8.58. The third-order valence-corrected chi connectivity index (χ3v) is 5.15. The number of piperidine rings is 1. The van der Waals surface area contributed by atoms with Crippen LogP contribution in [0.15, 0.2) is 0 Å². The van der Waals surface area contributed by atoms with E-state index in [0.717, 1.165) is 32.5 Å². The lowest BCUT2D eigenvalue weighted by Crippen LogP contribution is -2.50. The van der Waals surface area contributed by atoms with Crippen LogP contribution in [0, 0.1) is 5.41 Å². The second kappa shape index (κ2) is 5.94. The van der Waals surface area contributed by atoms with Gasteiger partial charge in [0.2, 0.25) is 0 Å². The normalized spacial score (nSPS) is 26.9. The van der Waals surface area contributed by atoms with Crippen molar-refractivity contribution < 1.29 is 5.11 Å². The highest BCUT2D eigenvalue weighted by Crippen LogP contribution is 2.39. The van der Waals surface area contributed by atoms with Gasteiger partial charge in [0, 0.05) is 31.7 Å². The summed E-state index contributed by atoms with van der Waals surface area (Å²) in [5, 5.41) is 13.8. The molecule has 0 aromatic heterocycles. The Morgan fingerprint density at radius 2 is 1.60 bits per heavy atom. The van der Waals surface area contributed by atoms with Crippen LogP contribution < -0.4 is 5.32 Å². The number of hydrogen-bond acceptors (Lipinski definition) is 3. The number of rotatable bonds is 4. The molecule has 2 aliphatic rings. The quantitative estimate of drug-likeness (QED) is 0.832. The molecular formula is C17H34N2O. The molecule has 2 N–H and O–H groups in total. The van der Waals surface area contributed by atoms with Crippen LogP contribution in [0.25, 0.3) is 0 Å². The Morgan fingerprint density at radius 3 is 2.10 bits per heavy atom. The summed E-state index contributed by atoms with van der Waals surface area (Å²) in [7, 11) is 0. The summed E-state index contributed by atoms with van der Waals surface area (Å²) in [5.41, 5.74) is 0.251. The lowest BCUT2D eigenvalue weighted by atomic mass is 9.83. The number of hydrogen-bond donors (Lipinski definition) is 2. The van der Waals surface area contributed by atoms with Crippen LogP contribution in [0.5, 0.6) is 0 Å². The second-order valence-electron chi connectivity index (χ2n) is 8.58. The zero-order valence-electron chi connectivity index (χ0n) is 14.0. The Kier molecular flexibility index (Phi) is 4.83. The van der Waals surface area contributed by atoms with E-state index in [1.54, 1.807) is 0 Å². The van der Waals surface area contributed by atoms with Gasteiger partial charge in [-0.25, -0.2) is 0 Å². The van der Waals surface area contributed by atoms with Gasteiger partial charge in [-0.3, -0.25) is 0 Å². The lowest BCUT2D eigenvalue weighted by Gasteiger charge is -2.42. The molecule has 0 aromatic rings. The van der Waals surface area contributed by atoms with Crippen molar-refractivity contribution in [2.45, 2.75) is 77.4 Å². The largest absolute Gasteiger partial charge is 0.390 e. The van der Waals surface area contributed by atoms with Gasteiger partial charge in [-0.2, -0.15) is 0 Å². The van der Waals surface area contributed by atoms with Crippen molar-refractivity contribution >= 4 is 0 Å². The van der Waals surface area contributed by atoms with E-state index in [1.165, 1.54) is 32.2 Å². The fourth-order valence-electron chi connectivity index (χ4n) is 3.64. The summed E-state index contributed by atoms with van der Waals surface area (Å²) < 4.78 is 0. The predicted octanol–water partition coefficient (Wildman–Crippen LogP) is 2.78. The van der Waals surface area contributed by atoms with Gasteiger partial charge in [-0.15, -0.1) is 0 Å². The highest BCUT2D eigenvalue weighted by Gasteiger charge is 2.38. The number of nitrogens with zero attached hydrogens (tertiary/aromatic N) is 1. The van der Waals surface area contributed by atoms with E-state index < -0.39 is 5.60 Å². The molecule has 3 heteroatoms. The molecule has 118 valence electrons. The maximum atomic E-state index is 10.1. The highest BCUT2D eigenvalue weighted by molar-refractivity contribution is 4.93. The van der Waals surface area contributed by atoms with Gasteiger partial charge in [0.1, 0.15) is 0 Å². The molecule has 0 unspecified atom stereocenters. The standard InChI is InChI=1S/C17H34N2O/c1-15(2,3)18-13-17(7-5-6-8-17)14-19-11-9-16(4,20)10-12-19/h18,20H,5-14H2,1-4H3. The van der Waals surface area contributed by atoms with Crippen molar-refractivity contribution in [2.75, 3.05) is 26.2 Å². The van der Waals surface area contributed by atoms with Crippen LogP contribution in [-0.4, -0.2) is 47.3 Å². The predicted molar refractivity (Wildman–Crippen MR) is 85.0 cm³/mol. The molecule has 20 heavy (non-hydrogen) atoms. The Balaban J connectivity index is 1.89. The summed E-state index contributed by atoms with van der Waals surface area (Å²) >= 11 is 0.